The van der Waals surface area contributed by atoms with Gasteiger partial charge < -0.3 is 15.0 Å². The molecule has 1 N–H and O–H groups in total. The van der Waals surface area contributed by atoms with Crippen LogP contribution in [0.2, 0.25) is 5.02 Å². The highest BCUT2D eigenvalue weighted by Gasteiger charge is 2.45. The Morgan fingerprint density at radius 2 is 2.04 bits per heavy atom. The Bertz CT molecular complexity index is 655. The fraction of sp³-hybridized carbons (Fsp3) is 0.579. The summed E-state index contributed by atoms with van der Waals surface area (Å²) in [6.45, 7) is 4.40. The van der Waals surface area contributed by atoms with Crippen molar-refractivity contribution in [2.45, 2.75) is 25.2 Å². The van der Waals surface area contributed by atoms with Crippen molar-refractivity contribution < 1.29 is 9.53 Å². The molecule has 6 heteroatoms. The Labute approximate surface area is 154 Å². The normalized spacial score (nSPS) is 25.0. The van der Waals surface area contributed by atoms with Gasteiger partial charge in [-0.1, -0.05) is 30.7 Å². The Balaban J connectivity index is 1.62. The first-order valence-corrected chi connectivity index (χ1v) is 9.16. The van der Waals surface area contributed by atoms with E-state index >= 15 is 0 Å². The standard InChI is InChI=1S/C19H26ClN3O2/c1-13-10-23(11-16(13)17(24)25-3)18(21-2)22-12-19(8-9-19)14-4-6-15(20)7-5-14/h4-7,13,16H,8-12H2,1-3H3,(H,21,22). The first-order chi connectivity index (χ1) is 12.0. The number of ether oxygens (including phenoxy) is 1. The zero-order valence-corrected chi connectivity index (χ0v) is 15.8. The third-order valence-electron chi connectivity index (χ3n) is 5.52. The number of esters is 1. The molecule has 2 fully saturated rings. The molecule has 0 spiro atoms. The predicted octanol–water partition coefficient (Wildman–Crippen LogP) is 2.69. The van der Waals surface area contributed by atoms with Gasteiger partial charge in [0.15, 0.2) is 5.96 Å². The number of aliphatic imine (C=N–C) groups is 1. The maximum absolute atomic E-state index is 11.9. The highest BCUT2D eigenvalue weighted by atomic mass is 35.5. The van der Waals surface area contributed by atoms with E-state index in [-0.39, 0.29) is 23.2 Å². The van der Waals surface area contributed by atoms with Crippen LogP contribution >= 0.6 is 11.6 Å². The number of methoxy groups -OCH3 is 1. The molecule has 136 valence electrons. The number of nitrogens with one attached hydrogen (secondary N) is 1. The van der Waals surface area contributed by atoms with Gasteiger partial charge in [-0.15, -0.1) is 0 Å². The highest BCUT2D eigenvalue weighted by molar-refractivity contribution is 6.30. The van der Waals surface area contributed by atoms with Gasteiger partial charge in [0.1, 0.15) is 0 Å². The van der Waals surface area contributed by atoms with Crippen LogP contribution in [0.1, 0.15) is 25.3 Å². The number of guanidine groups is 1. The number of carbonyl (C=O) groups excluding carboxylic acids is 1. The Morgan fingerprint density at radius 1 is 1.36 bits per heavy atom. The molecular formula is C19H26ClN3O2. The summed E-state index contributed by atoms with van der Waals surface area (Å²) in [7, 11) is 3.24. The van der Waals surface area contributed by atoms with Crippen molar-refractivity contribution in [2.75, 3.05) is 33.8 Å². The predicted molar refractivity (Wildman–Crippen MR) is 100.0 cm³/mol. The summed E-state index contributed by atoms with van der Waals surface area (Å²) in [5.74, 6) is 0.899. The molecule has 0 bridgehead atoms. The molecule has 25 heavy (non-hydrogen) atoms. The maximum atomic E-state index is 11.9. The first kappa shape index (κ1) is 18.1. The summed E-state index contributed by atoms with van der Waals surface area (Å²) in [6.07, 6.45) is 2.33. The van der Waals surface area contributed by atoms with E-state index in [2.05, 4.69) is 34.3 Å². The van der Waals surface area contributed by atoms with Crippen molar-refractivity contribution in [3.63, 3.8) is 0 Å². The summed E-state index contributed by atoms with van der Waals surface area (Å²) in [4.78, 5) is 18.5. The van der Waals surface area contributed by atoms with Crippen LogP contribution in [0, 0.1) is 11.8 Å². The van der Waals surface area contributed by atoms with Crippen LogP contribution in [0.25, 0.3) is 0 Å². The Hall–Kier alpha value is -1.75. The van der Waals surface area contributed by atoms with Crippen molar-refractivity contribution in [1.82, 2.24) is 10.2 Å². The summed E-state index contributed by atoms with van der Waals surface area (Å²) in [5, 5.41) is 4.28. The third kappa shape index (κ3) is 3.76. The number of rotatable bonds is 4. The summed E-state index contributed by atoms with van der Waals surface area (Å²) < 4.78 is 4.92. The molecule has 1 heterocycles. The van der Waals surface area contributed by atoms with Crippen LogP contribution in [0.5, 0.6) is 0 Å². The van der Waals surface area contributed by atoms with E-state index in [1.807, 2.05) is 12.1 Å². The molecule has 1 aromatic rings. The minimum atomic E-state index is -0.134. The summed E-state index contributed by atoms with van der Waals surface area (Å²) in [6, 6.07) is 8.14. The van der Waals surface area contributed by atoms with E-state index in [0.29, 0.717) is 6.54 Å². The first-order valence-electron chi connectivity index (χ1n) is 8.78. The zero-order chi connectivity index (χ0) is 18.0. The molecule has 1 saturated heterocycles. The topological polar surface area (TPSA) is 53.9 Å². The molecule has 1 aliphatic heterocycles. The van der Waals surface area contributed by atoms with Crippen molar-refractivity contribution in [3.05, 3.63) is 34.9 Å². The number of likely N-dealkylation sites (tertiary alicyclic amines) is 1. The van der Waals surface area contributed by atoms with Gasteiger partial charge in [-0.05, 0) is 36.5 Å². The number of carbonyl (C=O) groups is 1. The van der Waals surface area contributed by atoms with Crippen LogP contribution in [0.3, 0.4) is 0 Å². The van der Waals surface area contributed by atoms with Gasteiger partial charge in [-0.2, -0.15) is 0 Å². The lowest BCUT2D eigenvalue weighted by Gasteiger charge is -2.24. The number of halogens is 1. The van der Waals surface area contributed by atoms with Crippen molar-refractivity contribution in [3.8, 4) is 0 Å². The third-order valence-corrected chi connectivity index (χ3v) is 5.77. The van der Waals surface area contributed by atoms with E-state index in [1.54, 1.807) is 7.05 Å². The summed E-state index contributed by atoms with van der Waals surface area (Å²) in [5.41, 5.74) is 1.50. The molecule has 0 amide bonds. The zero-order valence-electron chi connectivity index (χ0n) is 15.1. The second-order valence-corrected chi connectivity index (χ2v) is 7.64. The SMILES string of the molecule is CN=C(NCC1(c2ccc(Cl)cc2)CC1)N1CC(C)C(C(=O)OC)C1. The highest BCUT2D eigenvalue weighted by Crippen LogP contribution is 2.47. The van der Waals surface area contributed by atoms with E-state index in [9.17, 15) is 4.79 Å². The second kappa shape index (κ2) is 7.24. The molecule has 3 rings (SSSR count). The fourth-order valence-electron chi connectivity index (χ4n) is 3.70. The van der Waals surface area contributed by atoms with Gasteiger partial charge in [0.05, 0.1) is 13.0 Å². The van der Waals surface area contributed by atoms with Crippen LogP contribution in [0.4, 0.5) is 0 Å². The van der Waals surface area contributed by atoms with Gasteiger partial charge in [-0.3, -0.25) is 9.79 Å². The minimum absolute atomic E-state index is 0.0882. The number of hydrogen-bond acceptors (Lipinski definition) is 3. The van der Waals surface area contributed by atoms with Crippen molar-refractivity contribution >= 4 is 23.5 Å². The largest absolute Gasteiger partial charge is 0.469 e. The minimum Gasteiger partial charge on any atom is -0.469 e. The Kier molecular flexibility index (Phi) is 5.23. The quantitative estimate of drug-likeness (QED) is 0.507. The molecular weight excluding hydrogens is 338 g/mol. The monoisotopic (exact) mass is 363 g/mol. The van der Waals surface area contributed by atoms with Crippen LogP contribution in [-0.4, -0.2) is 50.6 Å². The lowest BCUT2D eigenvalue weighted by molar-refractivity contribution is -0.145. The maximum Gasteiger partial charge on any atom is 0.310 e. The molecule has 0 aromatic heterocycles. The van der Waals surface area contributed by atoms with Gasteiger partial charge in [0.2, 0.25) is 0 Å². The molecule has 0 radical (unpaired) electrons. The van der Waals surface area contributed by atoms with E-state index < -0.39 is 0 Å². The molecule has 2 atom stereocenters. The van der Waals surface area contributed by atoms with Crippen LogP contribution in [0.15, 0.2) is 29.3 Å². The van der Waals surface area contributed by atoms with Gasteiger partial charge in [0, 0.05) is 37.1 Å². The number of nitrogens with zero attached hydrogens (tertiary/aromatic N) is 2. The van der Waals surface area contributed by atoms with E-state index in [1.165, 1.54) is 25.5 Å². The van der Waals surface area contributed by atoms with Crippen molar-refractivity contribution in [2.24, 2.45) is 16.8 Å². The fourth-order valence-corrected chi connectivity index (χ4v) is 3.83. The molecule has 2 aliphatic rings. The van der Waals surface area contributed by atoms with Gasteiger partial charge >= 0.3 is 5.97 Å². The van der Waals surface area contributed by atoms with E-state index in [4.69, 9.17) is 16.3 Å². The second-order valence-electron chi connectivity index (χ2n) is 7.20. The number of hydrogen-bond donors (Lipinski definition) is 1. The van der Waals surface area contributed by atoms with Gasteiger partial charge in [0.25, 0.3) is 0 Å². The van der Waals surface area contributed by atoms with Crippen molar-refractivity contribution in [1.29, 1.82) is 0 Å². The van der Waals surface area contributed by atoms with Crippen LogP contribution < -0.4 is 5.32 Å². The average Bonchev–Trinajstić information content (AvgIpc) is 3.31. The Morgan fingerprint density at radius 3 is 2.60 bits per heavy atom. The molecule has 2 unspecified atom stereocenters. The number of benzene rings is 1. The smallest absolute Gasteiger partial charge is 0.310 e. The molecule has 1 aliphatic carbocycles. The molecule has 1 saturated carbocycles. The molecule has 5 nitrogen and oxygen atoms in total. The summed E-state index contributed by atoms with van der Waals surface area (Å²) >= 11 is 6.00. The average molecular weight is 364 g/mol. The van der Waals surface area contributed by atoms with Crippen LogP contribution in [-0.2, 0) is 14.9 Å². The molecule has 1 aromatic carbocycles. The van der Waals surface area contributed by atoms with E-state index in [0.717, 1.165) is 24.1 Å². The lowest BCUT2D eigenvalue weighted by atomic mass is 9.96. The lowest BCUT2D eigenvalue weighted by Crippen LogP contribution is -2.43. The van der Waals surface area contributed by atoms with Gasteiger partial charge in [-0.25, -0.2) is 0 Å².